The van der Waals surface area contributed by atoms with Crippen LogP contribution in [0.2, 0.25) is 0 Å². The zero-order valence-corrected chi connectivity index (χ0v) is 15.4. The summed E-state index contributed by atoms with van der Waals surface area (Å²) in [5, 5.41) is 10.3. The quantitative estimate of drug-likeness (QED) is 0.579. The van der Waals surface area contributed by atoms with Crippen molar-refractivity contribution in [2.24, 2.45) is 28.6 Å². The maximum atomic E-state index is 13.7. The highest BCUT2D eigenvalue weighted by Crippen LogP contribution is 2.60. The number of esters is 1. The third-order valence-electron chi connectivity index (χ3n) is 6.33. The lowest BCUT2D eigenvalue weighted by atomic mass is 9.48. The molecule has 4 nitrogen and oxygen atoms in total. The zero-order chi connectivity index (χ0) is 18.5. The Kier molecular flexibility index (Phi) is 4.91. The van der Waals surface area contributed by atoms with E-state index in [-0.39, 0.29) is 43.5 Å². The maximum absolute atomic E-state index is 13.7. The first-order chi connectivity index (χ1) is 11.5. The van der Waals surface area contributed by atoms with Gasteiger partial charge in [-0.15, -0.1) is 0 Å². The van der Waals surface area contributed by atoms with Gasteiger partial charge in [0, 0.05) is 6.42 Å². The fraction of sp³-hybridized carbons (Fsp3) is 0.947. The number of halogens is 2. The van der Waals surface area contributed by atoms with Gasteiger partial charge in [-0.05, 0) is 49.9 Å². The minimum Gasteiger partial charge on any atom is -0.465 e. The van der Waals surface area contributed by atoms with Crippen molar-refractivity contribution >= 4 is 5.97 Å². The summed E-state index contributed by atoms with van der Waals surface area (Å²) in [5.74, 6) is 0.740. The Balaban J connectivity index is 1.45. The van der Waals surface area contributed by atoms with Crippen molar-refractivity contribution in [1.29, 1.82) is 0 Å². The van der Waals surface area contributed by atoms with E-state index in [9.17, 15) is 18.7 Å². The smallest absolute Gasteiger partial charge is 0.360 e. The van der Waals surface area contributed by atoms with Crippen molar-refractivity contribution < 1.29 is 28.2 Å². The van der Waals surface area contributed by atoms with Crippen LogP contribution in [0, 0.1) is 28.6 Å². The van der Waals surface area contributed by atoms with Crippen LogP contribution in [0.15, 0.2) is 0 Å². The van der Waals surface area contributed by atoms with Crippen molar-refractivity contribution in [3.63, 3.8) is 0 Å². The summed E-state index contributed by atoms with van der Waals surface area (Å²) in [4.78, 5) is 12.6. The number of carbonyl (C=O) groups is 1. The molecule has 0 aliphatic heterocycles. The average Bonchev–Trinajstić information content (AvgIpc) is 2.50. The molecular weight excluding hydrogens is 330 g/mol. The van der Waals surface area contributed by atoms with Gasteiger partial charge in [-0.1, -0.05) is 20.8 Å². The number of hydrogen-bond donors (Lipinski definition) is 1. The van der Waals surface area contributed by atoms with Crippen LogP contribution in [-0.4, -0.2) is 36.5 Å². The normalized spacial score (nSPS) is 37.4. The van der Waals surface area contributed by atoms with Gasteiger partial charge in [-0.3, -0.25) is 4.79 Å². The fourth-order valence-electron chi connectivity index (χ4n) is 5.04. The SMILES string of the molecule is CC(C)(C)C(F)(F)OCCCOC(=O)C12CC3CC(C1)C(O)C(C3)C2. The summed E-state index contributed by atoms with van der Waals surface area (Å²) in [5.41, 5.74) is -1.71. The first-order valence-corrected chi connectivity index (χ1v) is 9.41. The fourth-order valence-corrected chi connectivity index (χ4v) is 5.04. The second-order valence-electron chi connectivity index (χ2n) is 9.35. The molecule has 0 saturated heterocycles. The van der Waals surface area contributed by atoms with Gasteiger partial charge < -0.3 is 14.6 Å². The molecule has 144 valence electrons. The van der Waals surface area contributed by atoms with Crippen LogP contribution >= 0.6 is 0 Å². The van der Waals surface area contributed by atoms with Crippen molar-refractivity contribution in [3.05, 3.63) is 0 Å². The molecule has 4 fully saturated rings. The Morgan fingerprint density at radius 3 is 2.28 bits per heavy atom. The minimum atomic E-state index is -3.20. The summed E-state index contributed by atoms with van der Waals surface area (Å²) in [7, 11) is 0. The summed E-state index contributed by atoms with van der Waals surface area (Å²) in [6.07, 6.45) is 1.08. The van der Waals surface area contributed by atoms with Crippen LogP contribution in [0.1, 0.15) is 59.3 Å². The lowest BCUT2D eigenvalue weighted by Crippen LogP contribution is -2.56. The molecule has 0 heterocycles. The van der Waals surface area contributed by atoms with Gasteiger partial charge in [-0.25, -0.2) is 0 Å². The van der Waals surface area contributed by atoms with Gasteiger partial charge in [0.2, 0.25) is 0 Å². The molecule has 6 heteroatoms. The molecule has 1 N–H and O–H groups in total. The Morgan fingerprint density at radius 1 is 1.12 bits per heavy atom. The van der Waals surface area contributed by atoms with E-state index in [4.69, 9.17) is 4.74 Å². The molecule has 2 atom stereocenters. The zero-order valence-electron chi connectivity index (χ0n) is 15.4. The Labute approximate surface area is 148 Å². The Morgan fingerprint density at radius 2 is 1.72 bits per heavy atom. The second kappa shape index (κ2) is 6.45. The molecule has 4 saturated carbocycles. The average molecular weight is 360 g/mol. The number of carbonyl (C=O) groups excluding carboxylic acids is 1. The van der Waals surface area contributed by atoms with E-state index >= 15 is 0 Å². The van der Waals surface area contributed by atoms with Crippen LogP contribution in [0.4, 0.5) is 8.78 Å². The van der Waals surface area contributed by atoms with Gasteiger partial charge in [0.1, 0.15) is 0 Å². The van der Waals surface area contributed by atoms with E-state index in [1.54, 1.807) is 0 Å². The highest BCUT2D eigenvalue weighted by Gasteiger charge is 2.58. The molecule has 4 rings (SSSR count). The monoisotopic (exact) mass is 360 g/mol. The summed E-state index contributed by atoms with van der Waals surface area (Å²) < 4.78 is 37.5. The number of rotatable bonds is 6. The Hall–Kier alpha value is -0.750. The highest BCUT2D eigenvalue weighted by molar-refractivity contribution is 5.77. The molecular formula is C19H30F2O4. The largest absolute Gasteiger partial charge is 0.465 e. The molecule has 0 aromatic heterocycles. The van der Waals surface area contributed by atoms with Gasteiger partial charge in [0.05, 0.1) is 30.1 Å². The first-order valence-electron chi connectivity index (χ1n) is 9.41. The number of alkyl halides is 2. The highest BCUT2D eigenvalue weighted by atomic mass is 19.3. The molecule has 4 bridgehead atoms. The lowest BCUT2D eigenvalue weighted by molar-refractivity contribution is -0.295. The summed E-state index contributed by atoms with van der Waals surface area (Å²) in [6, 6.07) is 0. The molecule has 2 unspecified atom stereocenters. The maximum Gasteiger partial charge on any atom is 0.360 e. The van der Waals surface area contributed by atoms with Crippen molar-refractivity contribution in [2.75, 3.05) is 13.2 Å². The van der Waals surface area contributed by atoms with Gasteiger partial charge in [0.25, 0.3) is 0 Å². The molecule has 0 amide bonds. The summed E-state index contributed by atoms with van der Waals surface area (Å²) in [6.45, 7) is 4.23. The predicted octanol–water partition coefficient (Wildman–Crippen LogP) is 3.76. The van der Waals surface area contributed by atoms with Crippen LogP contribution in [0.5, 0.6) is 0 Å². The standard InChI is InChI=1S/C19H30F2O4/c1-17(2,3)19(20,21)25-6-4-5-24-16(23)18-9-12-7-13(10-18)15(22)14(8-12)11-18/h12-15,22H,4-11H2,1-3H3. The predicted molar refractivity (Wildman–Crippen MR) is 87.9 cm³/mol. The molecule has 0 spiro atoms. The molecule has 4 aliphatic carbocycles. The van der Waals surface area contributed by atoms with Gasteiger partial charge in [-0.2, -0.15) is 8.78 Å². The Bertz CT molecular complexity index is 498. The van der Waals surface area contributed by atoms with Crippen molar-refractivity contribution in [1.82, 2.24) is 0 Å². The van der Waals surface area contributed by atoms with Gasteiger partial charge in [0.15, 0.2) is 0 Å². The van der Waals surface area contributed by atoms with Crippen LogP contribution in [0.3, 0.4) is 0 Å². The van der Waals surface area contributed by atoms with Crippen molar-refractivity contribution in [2.45, 2.75) is 71.5 Å². The molecule has 4 aliphatic rings. The van der Waals surface area contributed by atoms with Crippen molar-refractivity contribution in [3.8, 4) is 0 Å². The number of ether oxygens (including phenoxy) is 2. The second-order valence-corrected chi connectivity index (χ2v) is 9.35. The topological polar surface area (TPSA) is 55.8 Å². The molecule has 0 aromatic rings. The molecule has 25 heavy (non-hydrogen) atoms. The minimum absolute atomic E-state index is 0.101. The van der Waals surface area contributed by atoms with E-state index in [0.29, 0.717) is 18.8 Å². The van der Waals surface area contributed by atoms with Crippen LogP contribution in [-0.2, 0) is 14.3 Å². The van der Waals surface area contributed by atoms with Gasteiger partial charge >= 0.3 is 12.1 Å². The van der Waals surface area contributed by atoms with Crippen LogP contribution in [0.25, 0.3) is 0 Å². The number of hydrogen-bond acceptors (Lipinski definition) is 4. The third kappa shape index (κ3) is 3.57. The third-order valence-corrected chi connectivity index (χ3v) is 6.33. The van der Waals surface area contributed by atoms with E-state index in [1.165, 1.54) is 20.8 Å². The van der Waals surface area contributed by atoms with E-state index in [0.717, 1.165) is 19.3 Å². The lowest BCUT2D eigenvalue weighted by Gasteiger charge is -2.57. The van der Waals surface area contributed by atoms with Crippen LogP contribution < -0.4 is 0 Å². The van der Waals surface area contributed by atoms with E-state index in [1.807, 2.05) is 0 Å². The first kappa shape index (κ1) is 19.0. The number of aliphatic hydroxyl groups is 1. The number of aliphatic hydroxyl groups excluding tert-OH is 1. The molecule has 0 aromatic carbocycles. The summed E-state index contributed by atoms with van der Waals surface area (Å²) >= 11 is 0. The molecule has 0 radical (unpaired) electrons. The van der Waals surface area contributed by atoms with E-state index in [2.05, 4.69) is 4.74 Å². The van der Waals surface area contributed by atoms with E-state index < -0.39 is 16.9 Å².